The van der Waals surface area contributed by atoms with E-state index in [1.54, 1.807) is 36.0 Å². The third-order valence-corrected chi connectivity index (χ3v) is 4.06. The molecule has 1 atom stereocenters. The summed E-state index contributed by atoms with van der Waals surface area (Å²) in [5.41, 5.74) is 1.06. The Kier molecular flexibility index (Phi) is 5.56. The van der Waals surface area contributed by atoms with E-state index in [1.165, 1.54) is 24.3 Å². The summed E-state index contributed by atoms with van der Waals surface area (Å²) in [5, 5.41) is 3.38. The molecule has 0 aromatic heterocycles. The molecule has 0 heterocycles. The van der Waals surface area contributed by atoms with Crippen LogP contribution in [0.1, 0.15) is 18.5 Å². The van der Waals surface area contributed by atoms with Gasteiger partial charge in [0.2, 0.25) is 0 Å². The molecular weight excluding hydrogens is 276 g/mol. The lowest BCUT2D eigenvalue weighted by Crippen LogP contribution is -2.22. The summed E-state index contributed by atoms with van der Waals surface area (Å²) in [6, 6.07) is 13.2. The van der Waals surface area contributed by atoms with E-state index in [2.05, 4.69) is 5.32 Å². The van der Waals surface area contributed by atoms with Crippen molar-refractivity contribution in [2.45, 2.75) is 17.9 Å². The molecule has 0 amide bonds. The fraction of sp³-hybridized carbons (Fsp3) is 0.250. The van der Waals surface area contributed by atoms with Crippen LogP contribution < -0.4 is 5.32 Å². The molecule has 1 unspecified atom stereocenters. The molecule has 0 spiro atoms. The van der Waals surface area contributed by atoms with Crippen LogP contribution in [0.4, 0.5) is 8.78 Å². The van der Waals surface area contributed by atoms with E-state index >= 15 is 0 Å². The summed E-state index contributed by atoms with van der Waals surface area (Å²) in [5.74, 6) is 0.358. The van der Waals surface area contributed by atoms with Crippen molar-refractivity contribution >= 4 is 11.8 Å². The Morgan fingerprint density at radius 2 is 1.50 bits per heavy atom. The number of hydrogen-bond acceptors (Lipinski definition) is 2. The van der Waals surface area contributed by atoms with Crippen molar-refractivity contribution in [2.24, 2.45) is 0 Å². The first-order valence-electron chi connectivity index (χ1n) is 6.56. The fourth-order valence-electron chi connectivity index (χ4n) is 1.92. The van der Waals surface area contributed by atoms with Gasteiger partial charge in [-0.15, -0.1) is 11.8 Å². The predicted octanol–water partition coefficient (Wildman–Crippen LogP) is 4.41. The maximum Gasteiger partial charge on any atom is 0.123 e. The molecule has 0 radical (unpaired) electrons. The van der Waals surface area contributed by atoms with E-state index < -0.39 is 0 Å². The number of rotatable bonds is 6. The molecule has 0 aliphatic heterocycles. The molecule has 0 bridgehead atoms. The lowest BCUT2D eigenvalue weighted by molar-refractivity contribution is 0.598. The summed E-state index contributed by atoms with van der Waals surface area (Å²) >= 11 is 1.65. The summed E-state index contributed by atoms with van der Waals surface area (Å²) in [7, 11) is 0. The largest absolute Gasteiger partial charge is 0.309 e. The predicted molar refractivity (Wildman–Crippen MR) is 79.9 cm³/mol. The van der Waals surface area contributed by atoms with Crippen LogP contribution in [0.25, 0.3) is 0 Å². The molecule has 20 heavy (non-hydrogen) atoms. The zero-order valence-corrected chi connectivity index (χ0v) is 12.1. The summed E-state index contributed by atoms with van der Waals surface area (Å²) < 4.78 is 25.8. The van der Waals surface area contributed by atoms with Gasteiger partial charge in [0, 0.05) is 16.7 Å². The SMILES string of the molecule is CCNC(CSc1ccc(F)cc1)c1ccc(F)cc1. The number of thioether (sulfide) groups is 1. The average Bonchev–Trinajstić information content (AvgIpc) is 2.46. The highest BCUT2D eigenvalue weighted by atomic mass is 32.2. The second-order valence-electron chi connectivity index (χ2n) is 4.43. The van der Waals surface area contributed by atoms with Gasteiger partial charge in [-0.1, -0.05) is 19.1 Å². The summed E-state index contributed by atoms with van der Waals surface area (Å²) in [6.07, 6.45) is 0. The normalized spacial score (nSPS) is 12.3. The molecule has 0 fully saturated rings. The van der Waals surface area contributed by atoms with Gasteiger partial charge in [-0.05, 0) is 48.5 Å². The lowest BCUT2D eigenvalue weighted by atomic mass is 10.1. The molecule has 2 aromatic rings. The van der Waals surface area contributed by atoms with Gasteiger partial charge < -0.3 is 5.32 Å². The van der Waals surface area contributed by atoms with Crippen LogP contribution in [-0.4, -0.2) is 12.3 Å². The van der Waals surface area contributed by atoms with Crippen LogP contribution in [0.15, 0.2) is 53.4 Å². The molecular formula is C16H17F2NS. The van der Waals surface area contributed by atoms with Gasteiger partial charge in [0.25, 0.3) is 0 Å². The zero-order valence-electron chi connectivity index (χ0n) is 11.3. The Balaban J connectivity index is 2.02. The van der Waals surface area contributed by atoms with Crippen molar-refractivity contribution in [1.82, 2.24) is 5.32 Å². The Labute approximate surface area is 122 Å². The minimum atomic E-state index is -0.227. The van der Waals surface area contributed by atoms with Gasteiger partial charge in [-0.25, -0.2) is 8.78 Å². The smallest absolute Gasteiger partial charge is 0.123 e. The molecule has 1 N–H and O–H groups in total. The van der Waals surface area contributed by atoms with Crippen LogP contribution in [-0.2, 0) is 0 Å². The zero-order chi connectivity index (χ0) is 14.4. The van der Waals surface area contributed by atoms with E-state index in [0.717, 1.165) is 22.8 Å². The Morgan fingerprint density at radius 3 is 2.05 bits per heavy atom. The first-order valence-corrected chi connectivity index (χ1v) is 7.55. The second kappa shape index (κ2) is 7.41. The van der Waals surface area contributed by atoms with Gasteiger partial charge in [0.15, 0.2) is 0 Å². The molecule has 4 heteroatoms. The number of hydrogen-bond donors (Lipinski definition) is 1. The van der Waals surface area contributed by atoms with E-state index in [9.17, 15) is 8.78 Å². The highest BCUT2D eigenvalue weighted by Gasteiger charge is 2.11. The molecule has 0 saturated heterocycles. The lowest BCUT2D eigenvalue weighted by Gasteiger charge is -2.18. The molecule has 106 valence electrons. The van der Waals surface area contributed by atoms with E-state index in [-0.39, 0.29) is 17.7 Å². The number of halogens is 2. The summed E-state index contributed by atoms with van der Waals surface area (Å²) in [6.45, 7) is 2.88. The third kappa shape index (κ3) is 4.32. The van der Waals surface area contributed by atoms with Crippen LogP contribution in [0.2, 0.25) is 0 Å². The van der Waals surface area contributed by atoms with Crippen LogP contribution >= 0.6 is 11.8 Å². The van der Waals surface area contributed by atoms with E-state index in [4.69, 9.17) is 0 Å². The van der Waals surface area contributed by atoms with Crippen molar-refractivity contribution in [2.75, 3.05) is 12.3 Å². The monoisotopic (exact) mass is 293 g/mol. The maximum atomic E-state index is 13.0. The van der Waals surface area contributed by atoms with Gasteiger partial charge >= 0.3 is 0 Å². The topological polar surface area (TPSA) is 12.0 Å². The quantitative estimate of drug-likeness (QED) is 0.792. The average molecular weight is 293 g/mol. The molecule has 0 aliphatic carbocycles. The Hall–Kier alpha value is -1.39. The number of benzene rings is 2. The van der Waals surface area contributed by atoms with Crippen molar-refractivity contribution in [3.05, 3.63) is 65.7 Å². The van der Waals surface area contributed by atoms with Gasteiger partial charge in [-0.2, -0.15) is 0 Å². The van der Waals surface area contributed by atoms with Crippen molar-refractivity contribution in [3.8, 4) is 0 Å². The standard InChI is InChI=1S/C16H17F2NS/c1-2-19-16(12-3-5-13(17)6-4-12)11-20-15-9-7-14(18)8-10-15/h3-10,16,19H,2,11H2,1H3. The highest BCUT2D eigenvalue weighted by molar-refractivity contribution is 7.99. The van der Waals surface area contributed by atoms with Gasteiger partial charge in [0.05, 0.1) is 0 Å². The molecule has 2 rings (SSSR count). The number of nitrogens with one attached hydrogen (secondary N) is 1. The summed E-state index contributed by atoms with van der Waals surface area (Å²) in [4.78, 5) is 1.02. The maximum absolute atomic E-state index is 13.0. The van der Waals surface area contributed by atoms with Gasteiger partial charge in [-0.3, -0.25) is 0 Å². The van der Waals surface area contributed by atoms with E-state index in [0.29, 0.717) is 0 Å². The van der Waals surface area contributed by atoms with Crippen LogP contribution in [0.3, 0.4) is 0 Å². The van der Waals surface area contributed by atoms with Crippen molar-refractivity contribution in [1.29, 1.82) is 0 Å². The molecule has 2 aromatic carbocycles. The molecule has 0 aliphatic rings. The third-order valence-electron chi connectivity index (χ3n) is 2.95. The van der Waals surface area contributed by atoms with E-state index in [1.807, 2.05) is 6.92 Å². The van der Waals surface area contributed by atoms with Crippen LogP contribution in [0, 0.1) is 11.6 Å². The Morgan fingerprint density at radius 1 is 0.950 bits per heavy atom. The van der Waals surface area contributed by atoms with Crippen LogP contribution in [0.5, 0.6) is 0 Å². The second-order valence-corrected chi connectivity index (χ2v) is 5.52. The molecule has 0 saturated carbocycles. The fourth-order valence-corrected chi connectivity index (χ4v) is 2.92. The highest BCUT2D eigenvalue weighted by Crippen LogP contribution is 2.25. The Bertz CT molecular complexity index is 525. The minimum absolute atomic E-state index is 0.149. The molecule has 1 nitrogen and oxygen atoms in total. The first-order chi connectivity index (χ1) is 9.69. The minimum Gasteiger partial charge on any atom is -0.309 e. The van der Waals surface area contributed by atoms with Crippen molar-refractivity contribution in [3.63, 3.8) is 0 Å². The van der Waals surface area contributed by atoms with Gasteiger partial charge in [0.1, 0.15) is 11.6 Å². The van der Waals surface area contributed by atoms with Crippen molar-refractivity contribution < 1.29 is 8.78 Å². The first kappa shape index (κ1) is 15.0.